The molecule has 122 valence electrons. The van der Waals surface area contributed by atoms with Gasteiger partial charge in [0.25, 0.3) is 5.91 Å². The molecule has 0 aliphatic heterocycles. The normalized spacial score (nSPS) is 10.4. The summed E-state index contributed by atoms with van der Waals surface area (Å²) in [5.74, 6) is 0.159. The summed E-state index contributed by atoms with van der Waals surface area (Å²) in [7, 11) is 1.62. The lowest BCUT2D eigenvalue weighted by atomic mass is 10.3. The largest absolute Gasteiger partial charge is 0.385 e. The van der Waals surface area contributed by atoms with Gasteiger partial charge in [-0.2, -0.15) is 0 Å². The van der Waals surface area contributed by atoms with E-state index in [9.17, 15) is 4.79 Å². The van der Waals surface area contributed by atoms with Crippen LogP contribution in [0.5, 0.6) is 0 Å². The number of carbonyl (C=O) groups excluding carboxylic acids is 1. The van der Waals surface area contributed by atoms with Crippen LogP contribution in [0.4, 0.5) is 11.5 Å². The minimum absolute atomic E-state index is 0.234. The topological polar surface area (TPSA) is 76.1 Å². The number of anilines is 2. The van der Waals surface area contributed by atoms with Gasteiger partial charge in [0, 0.05) is 20.3 Å². The fourth-order valence-electron chi connectivity index (χ4n) is 1.76. The van der Waals surface area contributed by atoms with E-state index in [2.05, 4.69) is 20.6 Å². The Kier molecular flexibility index (Phi) is 6.58. The Morgan fingerprint density at radius 3 is 2.57 bits per heavy atom. The van der Waals surface area contributed by atoms with Crippen molar-refractivity contribution in [3.05, 3.63) is 46.3 Å². The van der Waals surface area contributed by atoms with Crippen LogP contribution < -0.4 is 10.6 Å². The second-order valence-corrected chi connectivity index (χ2v) is 5.43. The molecule has 0 radical (unpaired) electrons. The van der Waals surface area contributed by atoms with Gasteiger partial charge < -0.3 is 15.4 Å². The SMILES string of the molecule is COCCCNC(=O)c1cnc(Nc2c(Cl)cccc2Cl)cn1. The third-order valence-electron chi connectivity index (χ3n) is 2.91. The second-order valence-electron chi connectivity index (χ2n) is 4.61. The molecule has 8 heteroatoms. The smallest absolute Gasteiger partial charge is 0.271 e. The molecule has 2 rings (SSSR count). The molecular formula is C15H16Cl2N4O2. The van der Waals surface area contributed by atoms with Gasteiger partial charge in [0.15, 0.2) is 0 Å². The predicted molar refractivity (Wildman–Crippen MR) is 90.6 cm³/mol. The lowest BCUT2D eigenvalue weighted by Gasteiger charge is -2.09. The van der Waals surface area contributed by atoms with Crippen molar-refractivity contribution in [2.24, 2.45) is 0 Å². The molecule has 0 spiro atoms. The maximum atomic E-state index is 11.9. The van der Waals surface area contributed by atoms with Gasteiger partial charge in [0.2, 0.25) is 0 Å². The Labute approximate surface area is 144 Å². The van der Waals surface area contributed by atoms with Gasteiger partial charge in [-0.1, -0.05) is 29.3 Å². The van der Waals surface area contributed by atoms with Crippen molar-refractivity contribution in [1.82, 2.24) is 15.3 Å². The molecule has 1 aromatic heterocycles. The van der Waals surface area contributed by atoms with E-state index >= 15 is 0 Å². The van der Waals surface area contributed by atoms with E-state index in [1.54, 1.807) is 25.3 Å². The van der Waals surface area contributed by atoms with E-state index in [0.29, 0.717) is 34.7 Å². The highest BCUT2D eigenvalue weighted by Crippen LogP contribution is 2.31. The van der Waals surface area contributed by atoms with Crippen molar-refractivity contribution in [3.8, 4) is 0 Å². The molecule has 0 unspecified atom stereocenters. The Hall–Kier alpha value is -1.89. The average molecular weight is 355 g/mol. The summed E-state index contributed by atoms with van der Waals surface area (Å²) in [5.41, 5.74) is 0.778. The lowest BCUT2D eigenvalue weighted by molar-refractivity contribution is 0.0943. The van der Waals surface area contributed by atoms with Crippen molar-refractivity contribution < 1.29 is 9.53 Å². The Morgan fingerprint density at radius 2 is 1.96 bits per heavy atom. The van der Waals surface area contributed by atoms with Crippen LogP contribution >= 0.6 is 23.2 Å². The average Bonchev–Trinajstić information content (AvgIpc) is 2.55. The first-order chi connectivity index (χ1) is 11.1. The van der Waals surface area contributed by atoms with Crippen molar-refractivity contribution in [2.45, 2.75) is 6.42 Å². The van der Waals surface area contributed by atoms with Crippen LogP contribution in [0.2, 0.25) is 10.0 Å². The molecule has 0 atom stereocenters. The van der Waals surface area contributed by atoms with Gasteiger partial charge in [-0.05, 0) is 18.6 Å². The van der Waals surface area contributed by atoms with Crippen molar-refractivity contribution in [2.75, 3.05) is 25.6 Å². The van der Waals surface area contributed by atoms with Crippen molar-refractivity contribution >= 4 is 40.6 Å². The van der Waals surface area contributed by atoms with Crippen LogP contribution in [-0.2, 0) is 4.74 Å². The molecular weight excluding hydrogens is 339 g/mol. The number of hydrogen-bond donors (Lipinski definition) is 2. The van der Waals surface area contributed by atoms with Crippen LogP contribution in [0.25, 0.3) is 0 Å². The van der Waals surface area contributed by atoms with Crippen LogP contribution in [-0.4, -0.2) is 36.1 Å². The first-order valence-corrected chi connectivity index (χ1v) is 7.67. The highest BCUT2D eigenvalue weighted by molar-refractivity contribution is 6.39. The molecule has 23 heavy (non-hydrogen) atoms. The molecule has 0 saturated heterocycles. The number of methoxy groups -OCH3 is 1. The van der Waals surface area contributed by atoms with Crippen LogP contribution in [0.3, 0.4) is 0 Å². The minimum Gasteiger partial charge on any atom is -0.385 e. The number of nitrogens with one attached hydrogen (secondary N) is 2. The number of rotatable bonds is 7. The van der Waals surface area contributed by atoms with E-state index in [-0.39, 0.29) is 11.6 Å². The fraction of sp³-hybridized carbons (Fsp3) is 0.267. The van der Waals surface area contributed by atoms with E-state index in [4.69, 9.17) is 27.9 Å². The van der Waals surface area contributed by atoms with Gasteiger partial charge in [0.05, 0.1) is 28.1 Å². The summed E-state index contributed by atoms with van der Waals surface area (Å²) in [4.78, 5) is 20.1. The fourth-order valence-corrected chi connectivity index (χ4v) is 2.26. The number of aromatic nitrogens is 2. The third-order valence-corrected chi connectivity index (χ3v) is 3.54. The molecule has 1 aromatic carbocycles. The van der Waals surface area contributed by atoms with Gasteiger partial charge in [-0.15, -0.1) is 0 Å². The van der Waals surface area contributed by atoms with Gasteiger partial charge in [-0.25, -0.2) is 9.97 Å². The zero-order chi connectivity index (χ0) is 16.7. The highest BCUT2D eigenvalue weighted by atomic mass is 35.5. The zero-order valence-corrected chi connectivity index (χ0v) is 14.0. The quantitative estimate of drug-likeness (QED) is 0.746. The first kappa shape index (κ1) is 17.5. The van der Waals surface area contributed by atoms with Crippen molar-refractivity contribution in [3.63, 3.8) is 0 Å². The van der Waals surface area contributed by atoms with E-state index in [1.165, 1.54) is 12.4 Å². The third kappa shape index (κ3) is 5.06. The van der Waals surface area contributed by atoms with Crippen LogP contribution in [0.15, 0.2) is 30.6 Å². The molecule has 0 saturated carbocycles. The molecule has 6 nitrogen and oxygen atoms in total. The summed E-state index contributed by atoms with van der Waals surface area (Å²) in [6, 6.07) is 5.18. The molecule has 1 heterocycles. The molecule has 0 aliphatic carbocycles. The number of amides is 1. The summed E-state index contributed by atoms with van der Waals surface area (Å²) >= 11 is 12.1. The summed E-state index contributed by atoms with van der Waals surface area (Å²) in [6.45, 7) is 1.11. The first-order valence-electron chi connectivity index (χ1n) is 6.92. The predicted octanol–water partition coefficient (Wildman–Crippen LogP) is 3.29. The summed E-state index contributed by atoms with van der Waals surface area (Å²) < 4.78 is 4.91. The zero-order valence-electron chi connectivity index (χ0n) is 12.5. The molecule has 0 aliphatic rings. The molecule has 0 fully saturated rings. The monoisotopic (exact) mass is 354 g/mol. The number of halogens is 2. The van der Waals surface area contributed by atoms with Crippen molar-refractivity contribution in [1.29, 1.82) is 0 Å². The van der Waals surface area contributed by atoms with Gasteiger partial charge >= 0.3 is 0 Å². The Balaban J connectivity index is 1.98. The maximum absolute atomic E-state index is 11.9. The molecule has 0 bridgehead atoms. The molecule has 2 aromatic rings. The second kappa shape index (κ2) is 8.67. The standard InChI is InChI=1S/C15H16Cl2N4O2/c1-23-7-3-6-18-15(22)12-8-20-13(9-19-12)21-14-10(16)4-2-5-11(14)17/h2,4-5,8-9H,3,6-7H2,1H3,(H,18,22)(H,20,21). The van der Waals surface area contributed by atoms with E-state index < -0.39 is 0 Å². The van der Waals surface area contributed by atoms with Gasteiger partial charge in [-0.3, -0.25) is 4.79 Å². The number of ether oxygens (including phenoxy) is 1. The summed E-state index contributed by atoms with van der Waals surface area (Å²) in [5, 5.41) is 6.66. The van der Waals surface area contributed by atoms with E-state index in [0.717, 1.165) is 6.42 Å². The molecule has 2 N–H and O–H groups in total. The van der Waals surface area contributed by atoms with Crippen LogP contribution in [0, 0.1) is 0 Å². The number of carbonyl (C=O) groups is 1. The van der Waals surface area contributed by atoms with Gasteiger partial charge in [0.1, 0.15) is 11.5 Å². The minimum atomic E-state index is -0.282. The maximum Gasteiger partial charge on any atom is 0.271 e. The molecule has 1 amide bonds. The lowest BCUT2D eigenvalue weighted by Crippen LogP contribution is -2.26. The Bertz CT molecular complexity index is 645. The number of para-hydroxylation sites is 1. The summed E-state index contributed by atoms with van der Waals surface area (Å²) in [6.07, 6.45) is 3.57. The highest BCUT2D eigenvalue weighted by Gasteiger charge is 2.09. The Morgan fingerprint density at radius 1 is 1.22 bits per heavy atom. The number of nitrogens with zero attached hydrogens (tertiary/aromatic N) is 2. The number of benzene rings is 1. The number of hydrogen-bond acceptors (Lipinski definition) is 5. The van der Waals surface area contributed by atoms with Crippen LogP contribution in [0.1, 0.15) is 16.9 Å². The van der Waals surface area contributed by atoms with E-state index in [1.807, 2.05) is 0 Å².